The van der Waals surface area contributed by atoms with Gasteiger partial charge in [-0.1, -0.05) is 18.6 Å². The van der Waals surface area contributed by atoms with E-state index in [1.165, 1.54) is 0 Å². The molecule has 0 aliphatic carbocycles. The van der Waals surface area contributed by atoms with Crippen molar-refractivity contribution in [1.29, 1.82) is 5.26 Å². The van der Waals surface area contributed by atoms with Crippen molar-refractivity contribution < 1.29 is 4.79 Å². The van der Waals surface area contributed by atoms with Gasteiger partial charge in [0.05, 0.1) is 17.7 Å². The van der Waals surface area contributed by atoms with Gasteiger partial charge < -0.3 is 10.2 Å². The first-order chi connectivity index (χ1) is 9.20. The molecular weight excluding hydrogens is 238 g/mol. The number of hydrogen-bond acceptors (Lipinski definition) is 3. The van der Waals surface area contributed by atoms with Crippen LogP contribution in [-0.2, 0) is 11.3 Å². The van der Waals surface area contributed by atoms with Crippen LogP contribution in [0.2, 0.25) is 0 Å². The minimum absolute atomic E-state index is 0.0436. The smallest absolute Gasteiger partial charge is 0.239 e. The van der Waals surface area contributed by atoms with Crippen LogP contribution in [0.5, 0.6) is 0 Å². The average Bonchev–Trinajstić information content (AvgIpc) is 2.47. The van der Waals surface area contributed by atoms with E-state index in [1.807, 2.05) is 25.2 Å². The highest BCUT2D eigenvalue weighted by atomic mass is 16.2. The SMILES string of the molecule is CN(Cc1cccc(C#N)c1)C(=O)C1CCCCN1. The summed E-state index contributed by atoms with van der Waals surface area (Å²) in [5.74, 6) is 0.141. The molecule has 1 atom stereocenters. The maximum Gasteiger partial charge on any atom is 0.239 e. The summed E-state index contributed by atoms with van der Waals surface area (Å²) >= 11 is 0. The lowest BCUT2D eigenvalue weighted by Gasteiger charge is -2.27. The molecule has 1 amide bonds. The van der Waals surface area contributed by atoms with Crippen LogP contribution in [0.3, 0.4) is 0 Å². The molecule has 0 bridgehead atoms. The summed E-state index contributed by atoms with van der Waals surface area (Å²) < 4.78 is 0. The number of nitriles is 1. The van der Waals surface area contributed by atoms with Crippen molar-refractivity contribution in [3.63, 3.8) is 0 Å². The Labute approximate surface area is 114 Å². The standard InChI is InChI=1S/C15H19N3O/c1-18(15(19)14-7-2-3-8-17-14)11-13-6-4-5-12(9-13)10-16/h4-6,9,14,17H,2-3,7-8,11H2,1H3. The first-order valence-electron chi connectivity index (χ1n) is 6.68. The summed E-state index contributed by atoms with van der Waals surface area (Å²) in [6.45, 7) is 1.47. The van der Waals surface area contributed by atoms with Crippen LogP contribution in [0.15, 0.2) is 24.3 Å². The number of nitrogens with zero attached hydrogens (tertiary/aromatic N) is 2. The molecule has 1 aliphatic heterocycles. The largest absolute Gasteiger partial charge is 0.340 e. The molecule has 0 spiro atoms. The lowest BCUT2D eigenvalue weighted by atomic mass is 10.0. The van der Waals surface area contributed by atoms with E-state index in [0.717, 1.165) is 31.4 Å². The summed E-state index contributed by atoms with van der Waals surface area (Å²) in [5.41, 5.74) is 1.62. The maximum atomic E-state index is 12.3. The van der Waals surface area contributed by atoms with Gasteiger partial charge in [-0.3, -0.25) is 4.79 Å². The fraction of sp³-hybridized carbons (Fsp3) is 0.467. The van der Waals surface area contributed by atoms with Gasteiger partial charge in [-0.25, -0.2) is 0 Å². The first-order valence-corrected chi connectivity index (χ1v) is 6.68. The predicted molar refractivity (Wildman–Crippen MR) is 73.3 cm³/mol. The molecule has 4 heteroatoms. The van der Waals surface area contributed by atoms with Gasteiger partial charge in [0.25, 0.3) is 0 Å². The number of hydrogen-bond donors (Lipinski definition) is 1. The van der Waals surface area contributed by atoms with Gasteiger partial charge in [0.2, 0.25) is 5.91 Å². The minimum atomic E-state index is -0.0436. The molecule has 1 unspecified atom stereocenters. The van der Waals surface area contributed by atoms with Crippen molar-refractivity contribution in [1.82, 2.24) is 10.2 Å². The molecule has 1 aliphatic rings. The zero-order valence-corrected chi connectivity index (χ0v) is 11.2. The minimum Gasteiger partial charge on any atom is -0.340 e. The van der Waals surface area contributed by atoms with Gasteiger partial charge in [0, 0.05) is 13.6 Å². The maximum absolute atomic E-state index is 12.3. The monoisotopic (exact) mass is 257 g/mol. The molecule has 0 radical (unpaired) electrons. The van der Waals surface area contributed by atoms with E-state index in [0.29, 0.717) is 12.1 Å². The van der Waals surface area contributed by atoms with E-state index in [4.69, 9.17) is 5.26 Å². The van der Waals surface area contributed by atoms with Crippen molar-refractivity contribution in [2.75, 3.05) is 13.6 Å². The molecule has 19 heavy (non-hydrogen) atoms. The number of amides is 1. The molecule has 1 fully saturated rings. The summed E-state index contributed by atoms with van der Waals surface area (Å²) in [7, 11) is 1.82. The van der Waals surface area contributed by atoms with Crippen LogP contribution in [0, 0.1) is 11.3 Å². The Balaban J connectivity index is 1.97. The van der Waals surface area contributed by atoms with Crippen LogP contribution in [0.1, 0.15) is 30.4 Å². The van der Waals surface area contributed by atoms with E-state index in [1.54, 1.807) is 11.0 Å². The average molecular weight is 257 g/mol. The fourth-order valence-electron chi connectivity index (χ4n) is 2.42. The van der Waals surface area contributed by atoms with Crippen LogP contribution in [-0.4, -0.2) is 30.4 Å². The second-order valence-corrected chi connectivity index (χ2v) is 5.01. The summed E-state index contributed by atoms with van der Waals surface area (Å²) in [6, 6.07) is 9.47. The lowest BCUT2D eigenvalue weighted by Crippen LogP contribution is -2.46. The molecule has 0 aromatic heterocycles. The van der Waals surface area contributed by atoms with Gasteiger partial charge in [-0.15, -0.1) is 0 Å². The lowest BCUT2D eigenvalue weighted by molar-refractivity contribution is -0.133. The van der Waals surface area contributed by atoms with Crippen LogP contribution in [0.4, 0.5) is 0 Å². The van der Waals surface area contributed by atoms with Crippen molar-refractivity contribution in [2.24, 2.45) is 0 Å². The zero-order valence-electron chi connectivity index (χ0n) is 11.2. The Hall–Kier alpha value is -1.86. The number of likely N-dealkylation sites (N-methyl/N-ethyl adjacent to an activating group) is 1. The van der Waals surface area contributed by atoms with Crippen molar-refractivity contribution in [3.05, 3.63) is 35.4 Å². The number of carbonyl (C=O) groups excluding carboxylic acids is 1. The van der Waals surface area contributed by atoms with Crippen molar-refractivity contribution >= 4 is 5.91 Å². The molecule has 0 saturated carbocycles. The highest BCUT2D eigenvalue weighted by Crippen LogP contribution is 2.12. The Morgan fingerprint density at radius 2 is 2.37 bits per heavy atom. The number of nitrogens with one attached hydrogen (secondary N) is 1. The van der Waals surface area contributed by atoms with Gasteiger partial charge in [0.15, 0.2) is 0 Å². The third-order valence-corrected chi connectivity index (χ3v) is 3.46. The second-order valence-electron chi connectivity index (χ2n) is 5.01. The molecule has 2 rings (SSSR count). The molecule has 1 aromatic carbocycles. The van der Waals surface area contributed by atoms with Crippen LogP contribution in [0.25, 0.3) is 0 Å². The molecule has 1 saturated heterocycles. The van der Waals surface area contributed by atoms with E-state index < -0.39 is 0 Å². The van der Waals surface area contributed by atoms with E-state index in [2.05, 4.69) is 11.4 Å². The van der Waals surface area contributed by atoms with Crippen LogP contribution < -0.4 is 5.32 Å². The second kappa shape index (κ2) is 6.35. The van der Waals surface area contributed by atoms with E-state index in [-0.39, 0.29) is 11.9 Å². The van der Waals surface area contributed by atoms with E-state index in [9.17, 15) is 4.79 Å². The van der Waals surface area contributed by atoms with Gasteiger partial charge in [-0.05, 0) is 37.1 Å². The summed E-state index contributed by atoms with van der Waals surface area (Å²) in [4.78, 5) is 14.0. The van der Waals surface area contributed by atoms with Gasteiger partial charge >= 0.3 is 0 Å². The molecule has 1 N–H and O–H groups in total. The number of piperidine rings is 1. The fourth-order valence-corrected chi connectivity index (χ4v) is 2.42. The number of benzene rings is 1. The number of rotatable bonds is 3. The Morgan fingerprint density at radius 1 is 1.53 bits per heavy atom. The predicted octanol–water partition coefficient (Wildman–Crippen LogP) is 1.66. The molecule has 100 valence electrons. The third kappa shape index (κ3) is 3.55. The van der Waals surface area contributed by atoms with E-state index >= 15 is 0 Å². The topological polar surface area (TPSA) is 56.1 Å². The summed E-state index contributed by atoms with van der Waals surface area (Å²) in [6.07, 6.45) is 3.18. The normalized spacial score (nSPS) is 18.6. The molecule has 1 aromatic rings. The number of carbonyl (C=O) groups is 1. The Bertz CT molecular complexity index is 486. The Kier molecular flexibility index (Phi) is 4.53. The zero-order chi connectivity index (χ0) is 13.7. The van der Waals surface area contributed by atoms with Gasteiger partial charge in [0.1, 0.15) is 0 Å². The molecule has 4 nitrogen and oxygen atoms in total. The first kappa shape index (κ1) is 13.6. The van der Waals surface area contributed by atoms with Crippen molar-refractivity contribution in [3.8, 4) is 6.07 Å². The Morgan fingerprint density at radius 3 is 3.05 bits per heavy atom. The highest BCUT2D eigenvalue weighted by molar-refractivity contribution is 5.81. The van der Waals surface area contributed by atoms with Gasteiger partial charge in [-0.2, -0.15) is 5.26 Å². The van der Waals surface area contributed by atoms with Crippen molar-refractivity contribution in [2.45, 2.75) is 31.8 Å². The highest BCUT2D eigenvalue weighted by Gasteiger charge is 2.23. The summed E-state index contributed by atoms with van der Waals surface area (Å²) in [5, 5.41) is 12.1. The third-order valence-electron chi connectivity index (χ3n) is 3.46. The van der Waals surface area contributed by atoms with Crippen LogP contribution >= 0.6 is 0 Å². The molecule has 1 heterocycles. The molecular formula is C15H19N3O. The quantitative estimate of drug-likeness (QED) is 0.896.